The van der Waals surface area contributed by atoms with Crippen LogP contribution in [0, 0.1) is 6.92 Å². The minimum atomic E-state index is -0.0485. The summed E-state index contributed by atoms with van der Waals surface area (Å²) in [7, 11) is 1.73. The van der Waals surface area contributed by atoms with E-state index in [9.17, 15) is 4.79 Å². The quantitative estimate of drug-likeness (QED) is 0.266. The van der Waals surface area contributed by atoms with Crippen LogP contribution in [0.1, 0.15) is 11.4 Å². The van der Waals surface area contributed by atoms with Gasteiger partial charge < -0.3 is 0 Å². The molecule has 0 radical (unpaired) electrons. The van der Waals surface area contributed by atoms with Crippen molar-refractivity contribution in [2.75, 3.05) is 0 Å². The molecule has 0 atom stereocenters. The van der Waals surface area contributed by atoms with E-state index in [-0.39, 0.29) is 5.56 Å². The van der Waals surface area contributed by atoms with Gasteiger partial charge in [-0.3, -0.25) is 13.8 Å². The van der Waals surface area contributed by atoms with E-state index in [1.165, 1.54) is 16.9 Å². The van der Waals surface area contributed by atoms with Gasteiger partial charge in [0.05, 0.1) is 16.7 Å². The SMILES string of the molecule is Cc1ccc(-c2csc3ncnc(SCc4nnc5n(C)c(=O)c6sccc6n45)c23)cc1. The summed E-state index contributed by atoms with van der Waals surface area (Å²) in [6.45, 7) is 2.09. The largest absolute Gasteiger partial charge is 0.279 e. The number of aromatic nitrogens is 6. The van der Waals surface area contributed by atoms with Crippen LogP contribution < -0.4 is 5.56 Å². The van der Waals surface area contributed by atoms with Crippen molar-refractivity contribution >= 4 is 60.6 Å². The fraction of sp³-hybridized carbons (Fsp3) is 0.136. The van der Waals surface area contributed by atoms with Crippen LogP contribution in [0.2, 0.25) is 0 Å². The van der Waals surface area contributed by atoms with Crippen LogP contribution in [0.4, 0.5) is 0 Å². The molecule has 0 bridgehead atoms. The third kappa shape index (κ3) is 2.98. The zero-order valence-corrected chi connectivity index (χ0v) is 19.6. The lowest BCUT2D eigenvalue weighted by atomic mass is 10.1. The Kier molecular flexibility index (Phi) is 4.60. The Balaban J connectivity index is 1.44. The van der Waals surface area contributed by atoms with Gasteiger partial charge >= 0.3 is 0 Å². The first-order valence-corrected chi connectivity index (χ1v) is 12.6. The number of thioether (sulfide) groups is 1. The summed E-state index contributed by atoms with van der Waals surface area (Å²) in [4.78, 5) is 22.6. The van der Waals surface area contributed by atoms with Gasteiger partial charge in [0, 0.05) is 18.0 Å². The van der Waals surface area contributed by atoms with E-state index in [0.29, 0.717) is 16.2 Å². The van der Waals surface area contributed by atoms with Crippen LogP contribution in [0.5, 0.6) is 0 Å². The standard InChI is InChI=1S/C22H16N6OS3/c1-12-3-5-13(6-4-12)14-9-31-19-17(14)20(24-11-23-19)32-10-16-25-26-22-27(2)21(29)18-15(28(16)22)7-8-30-18/h3-9,11H,10H2,1-2H3. The van der Waals surface area contributed by atoms with Crippen LogP contribution in [-0.2, 0) is 12.8 Å². The van der Waals surface area contributed by atoms with Crippen molar-refractivity contribution < 1.29 is 0 Å². The number of fused-ring (bicyclic) bond motifs is 4. The summed E-state index contributed by atoms with van der Waals surface area (Å²) in [5.74, 6) is 1.89. The average molecular weight is 477 g/mol. The molecule has 32 heavy (non-hydrogen) atoms. The first-order valence-electron chi connectivity index (χ1n) is 9.84. The maximum absolute atomic E-state index is 12.6. The van der Waals surface area contributed by atoms with Gasteiger partial charge in [-0.2, -0.15) is 0 Å². The summed E-state index contributed by atoms with van der Waals surface area (Å²) in [5, 5.41) is 14.7. The summed E-state index contributed by atoms with van der Waals surface area (Å²) >= 11 is 4.67. The second-order valence-corrected chi connectivity index (χ2v) is 10.2. The Morgan fingerprint density at radius 2 is 1.91 bits per heavy atom. The monoisotopic (exact) mass is 476 g/mol. The number of benzene rings is 1. The Morgan fingerprint density at radius 1 is 1.06 bits per heavy atom. The van der Waals surface area contributed by atoms with Gasteiger partial charge in [0.15, 0.2) is 0 Å². The molecule has 0 spiro atoms. The zero-order valence-electron chi connectivity index (χ0n) is 17.1. The van der Waals surface area contributed by atoms with Gasteiger partial charge in [-0.15, -0.1) is 32.9 Å². The Hall–Kier alpha value is -3.08. The lowest BCUT2D eigenvalue weighted by molar-refractivity contribution is 0.860. The average Bonchev–Trinajstić information content (AvgIpc) is 3.54. The number of hydrogen-bond acceptors (Lipinski definition) is 8. The molecule has 0 saturated carbocycles. The van der Waals surface area contributed by atoms with Crippen LogP contribution in [0.25, 0.3) is 37.3 Å². The molecule has 0 saturated heterocycles. The van der Waals surface area contributed by atoms with Crippen molar-refractivity contribution in [1.29, 1.82) is 0 Å². The molecule has 0 aliphatic carbocycles. The summed E-state index contributed by atoms with van der Waals surface area (Å²) in [6, 6.07) is 10.5. The Bertz CT molecular complexity index is 1680. The van der Waals surface area contributed by atoms with Crippen molar-refractivity contribution in [2.45, 2.75) is 17.7 Å². The predicted molar refractivity (Wildman–Crippen MR) is 131 cm³/mol. The van der Waals surface area contributed by atoms with Crippen LogP contribution in [0.15, 0.2) is 57.2 Å². The Labute approximate surface area is 194 Å². The second kappa shape index (κ2) is 7.51. The molecule has 7 nitrogen and oxygen atoms in total. The maximum atomic E-state index is 12.6. The van der Waals surface area contributed by atoms with E-state index in [2.05, 4.69) is 56.7 Å². The van der Waals surface area contributed by atoms with Crippen molar-refractivity contribution in [2.24, 2.45) is 7.05 Å². The lowest BCUT2D eigenvalue weighted by Crippen LogP contribution is -2.19. The number of thiophene rings is 2. The highest BCUT2D eigenvalue weighted by molar-refractivity contribution is 7.98. The second-order valence-electron chi connectivity index (χ2n) is 7.41. The van der Waals surface area contributed by atoms with Gasteiger partial charge in [-0.25, -0.2) is 9.97 Å². The summed E-state index contributed by atoms with van der Waals surface area (Å²) in [5.41, 5.74) is 4.32. The van der Waals surface area contributed by atoms with E-state index in [1.807, 2.05) is 15.8 Å². The predicted octanol–water partition coefficient (Wildman–Crippen LogP) is 4.92. The van der Waals surface area contributed by atoms with E-state index in [1.54, 1.807) is 41.0 Å². The van der Waals surface area contributed by atoms with Gasteiger partial charge in [0.1, 0.15) is 26.7 Å². The minimum absolute atomic E-state index is 0.0485. The van der Waals surface area contributed by atoms with Gasteiger partial charge in [-0.05, 0) is 23.9 Å². The lowest BCUT2D eigenvalue weighted by Gasteiger charge is -2.07. The number of rotatable bonds is 4. The highest BCUT2D eigenvalue weighted by Crippen LogP contribution is 2.38. The molecule has 0 aliphatic rings. The first-order chi connectivity index (χ1) is 15.6. The molecule has 0 unspecified atom stereocenters. The number of hydrogen-bond donors (Lipinski definition) is 0. The molecule has 5 aromatic heterocycles. The molecule has 10 heteroatoms. The van der Waals surface area contributed by atoms with Crippen molar-refractivity contribution in [3.05, 3.63) is 69.2 Å². The fourth-order valence-corrected chi connectivity index (χ4v) is 6.54. The topological polar surface area (TPSA) is 78.0 Å². The molecule has 0 aliphatic heterocycles. The van der Waals surface area contributed by atoms with Crippen molar-refractivity contribution in [1.82, 2.24) is 29.1 Å². The van der Waals surface area contributed by atoms with Gasteiger partial charge in [0.25, 0.3) is 5.56 Å². The molecule has 1 aromatic carbocycles. The molecule has 6 aromatic rings. The number of nitrogens with zero attached hydrogens (tertiary/aromatic N) is 6. The highest BCUT2D eigenvalue weighted by Gasteiger charge is 2.18. The summed E-state index contributed by atoms with van der Waals surface area (Å²) < 4.78 is 4.22. The summed E-state index contributed by atoms with van der Waals surface area (Å²) in [6.07, 6.45) is 1.61. The third-order valence-corrected chi connectivity index (χ3v) is 8.20. The molecular formula is C22H16N6OS3. The first kappa shape index (κ1) is 19.6. The molecule has 0 amide bonds. The smallest absolute Gasteiger partial charge is 0.272 e. The molecular weight excluding hydrogens is 460 g/mol. The molecule has 5 heterocycles. The molecule has 6 rings (SSSR count). The van der Waals surface area contributed by atoms with E-state index in [0.717, 1.165) is 37.7 Å². The van der Waals surface area contributed by atoms with E-state index >= 15 is 0 Å². The number of aryl methyl sites for hydroxylation is 2. The van der Waals surface area contributed by atoms with Crippen molar-refractivity contribution in [3.63, 3.8) is 0 Å². The third-order valence-electron chi connectivity index (χ3n) is 5.43. The van der Waals surface area contributed by atoms with Gasteiger partial charge in [0.2, 0.25) is 5.78 Å². The van der Waals surface area contributed by atoms with E-state index < -0.39 is 0 Å². The zero-order chi connectivity index (χ0) is 21.8. The normalized spacial score (nSPS) is 11.8. The maximum Gasteiger partial charge on any atom is 0.272 e. The molecule has 0 fully saturated rings. The highest BCUT2D eigenvalue weighted by atomic mass is 32.2. The van der Waals surface area contributed by atoms with Crippen LogP contribution >= 0.6 is 34.4 Å². The van der Waals surface area contributed by atoms with Crippen molar-refractivity contribution in [3.8, 4) is 11.1 Å². The molecule has 0 N–H and O–H groups in total. The van der Waals surface area contributed by atoms with E-state index in [4.69, 9.17) is 0 Å². The van der Waals surface area contributed by atoms with Crippen LogP contribution in [-0.4, -0.2) is 29.1 Å². The minimum Gasteiger partial charge on any atom is -0.279 e. The van der Waals surface area contributed by atoms with Gasteiger partial charge in [-0.1, -0.05) is 41.6 Å². The molecule has 158 valence electrons. The van der Waals surface area contributed by atoms with Crippen LogP contribution in [0.3, 0.4) is 0 Å². The fourth-order valence-electron chi connectivity index (χ4n) is 3.78. The Morgan fingerprint density at radius 3 is 2.75 bits per heavy atom.